The minimum atomic E-state index is 0.112. The molecule has 1 aromatic carbocycles. The fourth-order valence-electron chi connectivity index (χ4n) is 2.45. The number of hydrogen-bond acceptors (Lipinski definition) is 2. The van der Waals surface area contributed by atoms with E-state index >= 15 is 0 Å². The van der Waals surface area contributed by atoms with Crippen molar-refractivity contribution in [3.8, 4) is 0 Å². The first-order valence-corrected chi connectivity index (χ1v) is 8.33. The Morgan fingerprint density at radius 3 is 2.62 bits per heavy atom. The minimum absolute atomic E-state index is 0.112. The van der Waals surface area contributed by atoms with Crippen molar-refractivity contribution in [1.82, 2.24) is 5.32 Å². The number of amides is 1. The summed E-state index contributed by atoms with van der Waals surface area (Å²) in [6.07, 6.45) is 2.43. The Labute approximate surface area is 136 Å². The van der Waals surface area contributed by atoms with Crippen LogP contribution in [0.2, 0.25) is 0 Å². The van der Waals surface area contributed by atoms with Gasteiger partial charge in [-0.1, -0.05) is 48.8 Å². The molecule has 0 saturated heterocycles. The first kappa shape index (κ1) is 18.2. The van der Waals surface area contributed by atoms with Gasteiger partial charge in [0.2, 0.25) is 5.91 Å². The van der Waals surface area contributed by atoms with Crippen LogP contribution in [0.5, 0.6) is 0 Å². The lowest BCUT2D eigenvalue weighted by atomic mass is 9.76. The molecular weight excluding hydrogens is 328 g/mol. The van der Waals surface area contributed by atoms with Crippen LogP contribution in [0.1, 0.15) is 45.6 Å². The summed E-state index contributed by atoms with van der Waals surface area (Å²) in [6.45, 7) is 7.91. The molecule has 4 heteroatoms. The Morgan fingerprint density at radius 1 is 1.33 bits per heavy atom. The highest BCUT2D eigenvalue weighted by Gasteiger charge is 2.24. The van der Waals surface area contributed by atoms with Crippen LogP contribution in [-0.4, -0.2) is 12.5 Å². The van der Waals surface area contributed by atoms with Crippen molar-refractivity contribution in [1.29, 1.82) is 0 Å². The van der Waals surface area contributed by atoms with E-state index in [1.54, 1.807) is 0 Å². The van der Waals surface area contributed by atoms with E-state index in [0.717, 1.165) is 22.9 Å². The van der Waals surface area contributed by atoms with Crippen LogP contribution in [0.4, 0.5) is 0 Å². The zero-order valence-corrected chi connectivity index (χ0v) is 14.9. The molecule has 21 heavy (non-hydrogen) atoms. The van der Waals surface area contributed by atoms with Crippen molar-refractivity contribution in [3.05, 3.63) is 34.3 Å². The van der Waals surface area contributed by atoms with Gasteiger partial charge in [0.05, 0.1) is 0 Å². The first-order chi connectivity index (χ1) is 9.82. The van der Waals surface area contributed by atoms with Gasteiger partial charge in [-0.2, -0.15) is 0 Å². The van der Waals surface area contributed by atoms with Crippen molar-refractivity contribution in [3.63, 3.8) is 0 Å². The van der Waals surface area contributed by atoms with Crippen LogP contribution in [0.25, 0.3) is 0 Å². The summed E-state index contributed by atoms with van der Waals surface area (Å²) in [5, 5.41) is 2.98. The summed E-state index contributed by atoms with van der Waals surface area (Å²) in [5.41, 5.74) is 6.98. The first-order valence-electron chi connectivity index (χ1n) is 7.54. The van der Waals surface area contributed by atoms with E-state index in [2.05, 4.69) is 42.0 Å². The van der Waals surface area contributed by atoms with Gasteiger partial charge < -0.3 is 11.1 Å². The third-order valence-electron chi connectivity index (χ3n) is 3.84. The highest BCUT2D eigenvalue weighted by molar-refractivity contribution is 9.10. The highest BCUT2D eigenvalue weighted by atomic mass is 79.9. The van der Waals surface area contributed by atoms with Crippen LogP contribution in [0, 0.1) is 11.3 Å². The van der Waals surface area contributed by atoms with Crippen molar-refractivity contribution in [2.45, 2.75) is 46.6 Å². The van der Waals surface area contributed by atoms with Crippen LogP contribution >= 0.6 is 15.9 Å². The monoisotopic (exact) mass is 354 g/mol. The standard InChI is InChI=1S/C17H27BrN2O/c1-17(2,3)14(9-10-19)7-8-16(21)20-12-13-5-4-6-15(18)11-13/h4-6,11,14H,7-10,12,19H2,1-3H3,(H,20,21). The molecule has 0 radical (unpaired) electrons. The molecule has 1 aromatic rings. The molecule has 1 unspecified atom stereocenters. The number of halogens is 1. The Morgan fingerprint density at radius 2 is 2.05 bits per heavy atom. The van der Waals surface area contributed by atoms with Gasteiger partial charge in [-0.3, -0.25) is 4.79 Å². The van der Waals surface area contributed by atoms with Crippen molar-refractivity contribution in [2.24, 2.45) is 17.1 Å². The molecular formula is C17H27BrN2O. The van der Waals surface area contributed by atoms with Crippen LogP contribution in [-0.2, 0) is 11.3 Å². The molecule has 1 amide bonds. The third-order valence-corrected chi connectivity index (χ3v) is 4.33. The smallest absolute Gasteiger partial charge is 0.220 e. The largest absolute Gasteiger partial charge is 0.352 e. The lowest BCUT2D eigenvalue weighted by molar-refractivity contribution is -0.121. The minimum Gasteiger partial charge on any atom is -0.352 e. The Hall–Kier alpha value is -0.870. The summed E-state index contributed by atoms with van der Waals surface area (Å²) < 4.78 is 1.03. The number of carbonyl (C=O) groups excluding carboxylic acids is 1. The van der Waals surface area contributed by atoms with Gasteiger partial charge in [0.15, 0.2) is 0 Å². The summed E-state index contributed by atoms with van der Waals surface area (Å²) in [6, 6.07) is 7.98. The second-order valence-corrected chi connectivity index (χ2v) is 7.50. The van der Waals surface area contributed by atoms with Gasteiger partial charge in [-0.05, 0) is 48.4 Å². The normalized spacial score (nSPS) is 13.0. The molecule has 0 fully saturated rings. The van der Waals surface area contributed by atoms with Gasteiger partial charge in [-0.15, -0.1) is 0 Å². The summed E-state index contributed by atoms with van der Waals surface area (Å²) in [7, 11) is 0. The predicted octanol–water partition coefficient (Wildman–Crippen LogP) is 3.86. The quantitative estimate of drug-likeness (QED) is 0.780. The lowest BCUT2D eigenvalue weighted by Crippen LogP contribution is -2.27. The van der Waals surface area contributed by atoms with Gasteiger partial charge in [0.25, 0.3) is 0 Å². The molecule has 0 aliphatic carbocycles. The van der Waals surface area contributed by atoms with Gasteiger partial charge in [0, 0.05) is 17.4 Å². The van der Waals surface area contributed by atoms with Gasteiger partial charge >= 0.3 is 0 Å². The Bertz CT molecular complexity index is 454. The fourth-order valence-corrected chi connectivity index (χ4v) is 2.90. The molecule has 0 heterocycles. The fraction of sp³-hybridized carbons (Fsp3) is 0.588. The van der Waals surface area contributed by atoms with E-state index in [4.69, 9.17) is 5.73 Å². The zero-order chi connectivity index (χ0) is 15.9. The molecule has 3 N–H and O–H groups in total. The van der Waals surface area contributed by atoms with E-state index in [-0.39, 0.29) is 11.3 Å². The maximum Gasteiger partial charge on any atom is 0.220 e. The average molecular weight is 355 g/mol. The molecule has 0 saturated carbocycles. The van der Waals surface area contributed by atoms with E-state index in [9.17, 15) is 4.79 Å². The topological polar surface area (TPSA) is 55.1 Å². The highest BCUT2D eigenvalue weighted by Crippen LogP contribution is 2.32. The Balaban J connectivity index is 2.39. The third kappa shape index (κ3) is 7.09. The number of rotatable bonds is 7. The van der Waals surface area contributed by atoms with Crippen LogP contribution in [0.3, 0.4) is 0 Å². The SMILES string of the molecule is CC(C)(C)C(CCN)CCC(=O)NCc1cccc(Br)c1. The maximum absolute atomic E-state index is 12.0. The molecule has 0 aliphatic rings. The number of nitrogens with two attached hydrogens (primary N) is 1. The van der Waals surface area contributed by atoms with Crippen LogP contribution < -0.4 is 11.1 Å². The van der Waals surface area contributed by atoms with Crippen molar-refractivity contribution < 1.29 is 4.79 Å². The molecule has 0 aliphatic heterocycles. The van der Waals surface area contributed by atoms with Gasteiger partial charge in [0.1, 0.15) is 0 Å². The number of nitrogens with one attached hydrogen (secondary N) is 1. The van der Waals surface area contributed by atoms with E-state index < -0.39 is 0 Å². The van der Waals surface area contributed by atoms with Crippen molar-refractivity contribution >= 4 is 21.8 Å². The molecule has 3 nitrogen and oxygen atoms in total. The summed E-state index contributed by atoms with van der Waals surface area (Å²) >= 11 is 3.43. The molecule has 0 bridgehead atoms. The van der Waals surface area contributed by atoms with Crippen molar-refractivity contribution in [2.75, 3.05) is 6.54 Å². The predicted molar refractivity (Wildman–Crippen MR) is 91.8 cm³/mol. The number of carbonyl (C=O) groups is 1. The van der Waals surface area contributed by atoms with E-state index in [1.165, 1.54) is 0 Å². The maximum atomic E-state index is 12.0. The lowest BCUT2D eigenvalue weighted by Gasteiger charge is -2.30. The molecule has 0 aromatic heterocycles. The summed E-state index contributed by atoms with van der Waals surface area (Å²) in [5.74, 6) is 0.598. The zero-order valence-electron chi connectivity index (χ0n) is 13.3. The van der Waals surface area contributed by atoms with E-state index in [0.29, 0.717) is 25.4 Å². The second-order valence-electron chi connectivity index (χ2n) is 6.59. The number of hydrogen-bond donors (Lipinski definition) is 2. The second kappa shape index (κ2) is 8.54. The van der Waals surface area contributed by atoms with Crippen LogP contribution in [0.15, 0.2) is 28.7 Å². The molecule has 1 atom stereocenters. The molecule has 1 rings (SSSR count). The van der Waals surface area contributed by atoms with E-state index in [1.807, 2.05) is 24.3 Å². The number of benzene rings is 1. The molecule has 0 spiro atoms. The van der Waals surface area contributed by atoms with Gasteiger partial charge in [-0.25, -0.2) is 0 Å². The average Bonchev–Trinajstić information content (AvgIpc) is 2.40. The Kier molecular flexibility index (Phi) is 7.40. The summed E-state index contributed by atoms with van der Waals surface area (Å²) in [4.78, 5) is 12.0. The molecule has 118 valence electrons.